The van der Waals surface area contributed by atoms with Gasteiger partial charge in [0.25, 0.3) is 5.91 Å². The fourth-order valence-corrected chi connectivity index (χ4v) is 2.97. The van der Waals surface area contributed by atoms with Gasteiger partial charge in [0.2, 0.25) is 5.91 Å². The van der Waals surface area contributed by atoms with Gasteiger partial charge < -0.3 is 15.0 Å². The van der Waals surface area contributed by atoms with Crippen LogP contribution < -0.4 is 10.1 Å². The quantitative estimate of drug-likeness (QED) is 0.689. The zero-order chi connectivity index (χ0) is 20.8. The zero-order valence-electron chi connectivity index (χ0n) is 16.4. The van der Waals surface area contributed by atoms with Crippen LogP contribution in [0.3, 0.4) is 0 Å². The van der Waals surface area contributed by atoms with E-state index in [0.29, 0.717) is 27.4 Å². The van der Waals surface area contributed by atoms with Crippen molar-refractivity contribution in [3.8, 4) is 5.75 Å². The minimum atomic E-state index is -0.399. The highest BCUT2D eigenvalue weighted by Gasteiger charge is 2.16. The summed E-state index contributed by atoms with van der Waals surface area (Å²) < 4.78 is 5.68. The van der Waals surface area contributed by atoms with Crippen LogP contribution in [0.25, 0.3) is 0 Å². The molecule has 0 aromatic heterocycles. The third-order valence-corrected chi connectivity index (χ3v) is 4.89. The predicted octanol–water partition coefficient (Wildman–Crippen LogP) is 4.90. The molecule has 0 saturated heterocycles. The lowest BCUT2D eigenvalue weighted by atomic mass is 10.0. The van der Waals surface area contributed by atoms with E-state index < -0.39 is 5.91 Å². The molecule has 0 bridgehead atoms. The molecule has 2 aromatic carbocycles. The van der Waals surface area contributed by atoms with Crippen LogP contribution in [0.15, 0.2) is 36.4 Å². The molecule has 5 nitrogen and oxygen atoms in total. The van der Waals surface area contributed by atoms with Gasteiger partial charge in [-0.2, -0.15) is 0 Å². The van der Waals surface area contributed by atoms with Gasteiger partial charge in [-0.3, -0.25) is 9.59 Å². The van der Waals surface area contributed by atoms with Gasteiger partial charge in [0, 0.05) is 7.05 Å². The van der Waals surface area contributed by atoms with Gasteiger partial charge >= 0.3 is 0 Å². The van der Waals surface area contributed by atoms with E-state index in [0.717, 1.165) is 11.1 Å². The van der Waals surface area contributed by atoms with Crippen LogP contribution in [0.2, 0.25) is 10.0 Å². The fourth-order valence-electron chi connectivity index (χ4n) is 2.48. The Balaban J connectivity index is 1.92. The van der Waals surface area contributed by atoms with E-state index in [2.05, 4.69) is 19.2 Å². The molecule has 28 heavy (non-hydrogen) atoms. The number of carbonyl (C=O) groups excluding carboxylic acids is 2. The van der Waals surface area contributed by atoms with Crippen molar-refractivity contribution in [3.63, 3.8) is 0 Å². The third-order valence-electron chi connectivity index (χ3n) is 4.26. The van der Waals surface area contributed by atoms with E-state index >= 15 is 0 Å². The van der Waals surface area contributed by atoms with E-state index in [1.54, 1.807) is 18.2 Å². The molecule has 0 heterocycles. The highest BCUT2D eigenvalue weighted by Crippen LogP contribution is 2.29. The van der Waals surface area contributed by atoms with Crippen LogP contribution in [0.4, 0.5) is 5.69 Å². The summed E-state index contributed by atoms with van der Waals surface area (Å²) in [5.74, 6) is 0.320. The highest BCUT2D eigenvalue weighted by molar-refractivity contribution is 6.39. The first kappa shape index (κ1) is 22.1. The summed E-state index contributed by atoms with van der Waals surface area (Å²) in [4.78, 5) is 25.8. The van der Waals surface area contributed by atoms with Crippen molar-refractivity contribution in [2.45, 2.75) is 26.7 Å². The minimum absolute atomic E-state index is 0.144. The second kappa shape index (κ2) is 9.80. The number of benzene rings is 2. The Morgan fingerprint density at radius 2 is 1.79 bits per heavy atom. The maximum Gasteiger partial charge on any atom is 0.260 e. The maximum atomic E-state index is 12.3. The summed E-state index contributed by atoms with van der Waals surface area (Å²) in [6.07, 6.45) is 0. The zero-order valence-corrected chi connectivity index (χ0v) is 17.9. The number of hydrogen-bond donors (Lipinski definition) is 1. The topological polar surface area (TPSA) is 58.6 Å². The summed E-state index contributed by atoms with van der Waals surface area (Å²) >= 11 is 12.1. The Kier molecular flexibility index (Phi) is 7.72. The van der Waals surface area contributed by atoms with Crippen LogP contribution in [-0.2, 0) is 9.59 Å². The van der Waals surface area contributed by atoms with Gasteiger partial charge in [-0.15, -0.1) is 0 Å². The van der Waals surface area contributed by atoms with Crippen LogP contribution in [0, 0.1) is 6.92 Å². The second-order valence-electron chi connectivity index (χ2n) is 6.86. The van der Waals surface area contributed by atoms with Crippen molar-refractivity contribution >= 4 is 40.7 Å². The average molecular weight is 423 g/mol. The maximum absolute atomic E-state index is 12.3. The predicted molar refractivity (Wildman–Crippen MR) is 113 cm³/mol. The molecule has 0 fully saturated rings. The number of amides is 2. The van der Waals surface area contributed by atoms with Crippen molar-refractivity contribution in [2.24, 2.45) is 0 Å². The molecule has 0 aliphatic carbocycles. The summed E-state index contributed by atoms with van der Waals surface area (Å²) in [7, 11) is 1.54. The number of nitrogens with zero attached hydrogens (tertiary/aromatic N) is 1. The van der Waals surface area contributed by atoms with Crippen LogP contribution in [-0.4, -0.2) is 36.9 Å². The van der Waals surface area contributed by atoms with E-state index in [-0.39, 0.29) is 19.1 Å². The van der Waals surface area contributed by atoms with Gasteiger partial charge in [-0.1, -0.05) is 55.2 Å². The normalized spacial score (nSPS) is 10.7. The molecule has 2 aromatic rings. The molecule has 0 aliphatic heterocycles. The number of anilines is 1. The average Bonchev–Trinajstić information content (AvgIpc) is 2.63. The van der Waals surface area contributed by atoms with E-state index in [1.165, 1.54) is 11.9 Å². The molecule has 2 rings (SSSR count). The van der Waals surface area contributed by atoms with Crippen LogP contribution in [0.1, 0.15) is 30.9 Å². The molecule has 0 saturated carbocycles. The lowest BCUT2D eigenvalue weighted by Crippen LogP contribution is -2.37. The van der Waals surface area contributed by atoms with Crippen molar-refractivity contribution in [1.82, 2.24) is 4.90 Å². The van der Waals surface area contributed by atoms with Gasteiger partial charge in [-0.25, -0.2) is 0 Å². The summed E-state index contributed by atoms with van der Waals surface area (Å²) in [6, 6.07) is 10.9. The van der Waals surface area contributed by atoms with Gasteiger partial charge in [0.05, 0.1) is 22.3 Å². The lowest BCUT2D eigenvalue weighted by molar-refractivity contribution is -0.135. The first-order valence-electron chi connectivity index (χ1n) is 8.90. The number of ether oxygens (including phenoxy) is 1. The monoisotopic (exact) mass is 422 g/mol. The number of aryl methyl sites for hydroxylation is 1. The van der Waals surface area contributed by atoms with Gasteiger partial charge in [-0.05, 0) is 42.2 Å². The second-order valence-corrected chi connectivity index (χ2v) is 7.68. The van der Waals surface area contributed by atoms with Crippen molar-refractivity contribution in [3.05, 3.63) is 57.6 Å². The molecular formula is C21H24Cl2N2O3. The standard InChI is InChI=1S/C21H24Cl2N2O3/c1-13(2)15-9-8-14(3)18(10-15)28-12-20(27)25(4)11-19(26)24-21-16(22)6-5-7-17(21)23/h5-10,13H,11-12H2,1-4H3,(H,24,26). The van der Waals surface area contributed by atoms with Crippen LogP contribution >= 0.6 is 23.2 Å². The molecule has 0 aliphatic rings. The summed E-state index contributed by atoms with van der Waals surface area (Å²) in [6.45, 7) is 5.82. The van der Waals surface area contributed by atoms with Crippen LogP contribution in [0.5, 0.6) is 5.75 Å². The highest BCUT2D eigenvalue weighted by atomic mass is 35.5. The first-order valence-corrected chi connectivity index (χ1v) is 9.65. The van der Waals surface area contributed by atoms with Crippen molar-refractivity contribution < 1.29 is 14.3 Å². The van der Waals surface area contributed by atoms with Gasteiger partial charge in [0.15, 0.2) is 6.61 Å². The van der Waals surface area contributed by atoms with E-state index in [4.69, 9.17) is 27.9 Å². The molecule has 0 spiro atoms. The fraction of sp³-hybridized carbons (Fsp3) is 0.333. The molecule has 0 unspecified atom stereocenters. The van der Waals surface area contributed by atoms with E-state index in [9.17, 15) is 9.59 Å². The molecule has 0 atom stereocenters. The Morgan fingerprint density at radius 3 is 2.39 bits per heavy atom. The third kappa shape index (κ3) is 5.88. The number of hydrogen-bond acceptors (Lipinski definition) is 3. The SMILES string of the molecule is Cc1ccc(C(C)C)cc1OCC(=O)N(C)CC(=O)Nc1c(Cl)cccc1Cl. The molecule has 2 amide bonds. The number of nitrogens with one attached hydrogen (secondary N) is 1. The van der Waals surface area contributed by atoms with Crippen molar-refractivity contribution in [1.29, 1.82) is 0 Å². The summed E-state index contributed by atoms with van der Waals surface area (Å²) in [5.41, 5.74) is 2.41. The Labute approximate surface area is 175 Å². The molecule has 7 heteroatoms. The number of para-hydroxylation sites is 1. The lowest BCUT2D eigenvalue weighted by Gasteiger charge is -2.18. The largest absolute Gasteiger partial charge is 0.483 e. The first-order chi connectivity index (χ1) is 13.2. The van der Waals surface area contributed by atoms with E-state index in [1.807, 2.05) is 25.1 Å². The summed E-state index contributed by atoms with van der Waals surface area (Å²) in [5, 5.41) is 3.29. The molecule has 1 N–H and O–H groups in total. The number of carbonyl (C=O) groups is 2. The number of rotatable bonds is 7. The number of halogens is 2. The minimum Gasteiger partial charge on any atom is -0.483 e. The molecule has 0 radical (unpaired) electrons. The van der Waals surface area contributed by atoms with Crippen molar-refractivity contribution in [2.75, 3.05) is 25.5 Å². The number of likely N-dealkylation sites (N-methyl/N-ethyl adjacent to an activating group) is 1. The van der Waals surface area contributed by atoms with Gasteiger partial charge in [0.1, 0.15) is 5.75 Å². The Hall–Kier alpha value is -2.24. The Morgan fingerprint density at radius 1 is 1.14 bits per heavy atom. The molecular weight excluding hydrogens is 399 g/mol. The smallest absolute Gasteiger partial charge is 0.260 e. The Bertz CT molecular complexity index is 848. The molecule has 150 valence electrons.